The van der Waals surface area contributed by atoms with Gasteiger partial charge in [0, 0.05) is 103 Å². The van der Waals surface area contributed by atoms with Crippen LogP contribution in [-0.2, 0) is 94.9 Å². The van der Waals surface area contributed by atoms with Gasteiger partial charge in [0.2, 0.25) is 6.54 Å². The van der Waals surface area contributed by atoms with E-state index in [-0.39, 0.29) is 277 Å². The first-order chi connectivity index (χ1) is 51.7. The smallest absolute Gasteiger partial charge is 0.512 e. The zero-order valence-corrected chi connectivity index (χ0v) is 67.5. The van der Waals surface area contributed by atoms with E-state index in [4.69, 9.17) is 104 Å². The van der Waals surface area contributed by atoms with E-state index in [1.54, 1.807) is 14.2 Å². The number of methoxy groups -OCH3 is 2. The van der Waals surface area contributed by atoms with Crippen molar-refractivity contribution in [2.75, 3.05) is 20.8 Å². The van der Waals surface area contributed by atoms with E-state index in [0.29, 0.717) is 76.5 Å². The Labute approximate surface area is 680 Å². The number of nitrogens with zero attached hydrogens (tertiary/aromatic N) is 2. The second kappa shape index (κ2) is 34.0. The molecule has 592 valence electrons. The molecule has 38 atom stereocenters. The third kappa shape index (κ3) is 16.2. The summed E-state index contributed by atoms with van der Waals surface area (Å²) in [5, 5.41) is 27.5. The minimum Gasteiger partial charge on any atom is -0.512 e. The van der Waals surface area contributed by atoms with Gasteiger partial charge in [-0.3, -0.25) is 9.59 Å². The molecule has 108 heavy (non-hydrogen) atoms. The van der Waals surface area contributed by atoms with Gasteiger partial charge in [-0.2, -0.15) is 0 Å². The maximum atomic E-state index is 14.1. The molecule has 0 amide bonds. The summed E-state index contributed by atoms with van der Waals surface area (Å²) in [6.07, 6.45) is 10.5. The van der Waals surface area contributed by atoms with Crippen molar-refractivity contribution >= 4 is 11.6 Å². The molecule has 20 rings (SSSR count). The van der Waals surface area contributed by atoms with Crippen molar-refractivity contribution in [3.63, 3.8) is 0 Å². The number of ether oxygens (including phenoxy) is 18. The van der Waals surface area contributed by atoms with Crippen LogP contribution in [-0.4, -0.2) is 249 Å². The average molecular weight is 1530 g/mol. The quantitative estimate of drug-likeness (QED) is 0.151. The van der Waals surface area contributed by atoms with E-state index >= 15 is 0 Å². The van der Waals surface area contributed by atoms with Gasteiger partial charge in [-0.05, 0) is 130 Å². The number of aliphatic hydroxyl groups excluding tert-OH is 2. The minimum absolute atomic E-state index is 0. The fourth-order valence-corrected chi connectivity index (χ4v) is 22.7. The van der Waals surface area contributed by atoms with Crippen LogP contribution in [0.25, 0.3) is 4.85 Å². The fraction of sp³-hybridized carbons (Fsp3) is 0.855. The molecule has 20 fully saturated rings. The van der Waals surface area contributed by atoms with Gasteiger partial charge in [-0.1, -0.05) is 47.1 Å². The number of hydrogen-bond acceptors (Lipinski definition) is 23. The molecule has 0 aromatic carbocycles. The summed E-state index contributed by atoms with van der Waals surface area (Å²) in [4.78, 5) is 31.5. The third-order valence-corrected chi connectivity index (χ3v) is 28.2. The summed E-state index contributed by atoms with van der Waals surface area (Å²) >= 11 is 0. The Morgan fingerprint density at radius 3 is 1.27 bits per heavy atom. The SMILES string of the molecule is C=C1CC2CCC34CC5OC6C(O3)C3OC(CCC3O[C@H]6C5O4)CC(=O)CC3C(CC4OC(CCC1O2)CC(C)C4=C)OC(CC(O)CC)C3OC.[C-]#N.[C-]#[N+]CC(O)CC1OC2CC3OC(CCC4OC(CCC56CC7OC8C(O5)C5OC(CCC5O[C@H]8C7O6)CC(=O)CC2C1OC)CC4=C)CC(C)C3=C.[K+]. The summed E-state index contributed by atoms with van der Waals surface area (Å²) in [5.74, 6) is -1.23. The van der Waals surface area contributed by atoms with Crippen molar-refractivity contribution in [3.8, 4) is 0 Å². The fourth-order valence-electron chi connectivity index (χ4n) is 22.7. The zero-order valence-electron chi connectivity index (χ0n) is 64.4. The first-order valence-corrected chi connectivity index (χ1v) is 41.0. The molecule has 24 bridgehead atoms. The van der Waals surface area contributed by atoms with Gasteiger partial charge < -0.3 is 112 Å². The molecule has 0 aromatic heterocycles. The molecule has 2 N–H and O–H groups in total. The number of rotatable bonds is 8. The normalized spacial score (nSPS) is 50.5. The van der Waals surface area contributed by atoms with E-state index in [9.17, 15) is 19.8 Å². The van der Waals surface area contributed by atoms with Crippen LogP contribution >= 0.6 is 0 Å². The molecule has 2 spiro atoms. The molecule has 36 unspecified atom stereocenters. The van der Waals surface area contributed by atoms with E-state index in [2.05, 4.69) is 45.0 Å². The molecular weight excluding hydrogens is 1420 g/mol. The van der Waals surface area contributed by atoms with E-state index in [1.165, 1.54) is 0 Å². The molecule has 24 nitrogen and oxygen atoms in total. The van der Waals surface area contributed by atoms with Crippen LogP contribution in [0.5, 0.6) is 0 Å². The standard InChI is InChI=1S/C41H57NO11.C41H60O11.CN.K/c1-20-12-25-6-8-29-21(2)13-27(46-29)10-11-41-18-34-37(52-41)38-39(51-34)40(53-41)36-30(50-38)9-7-26(48-36)14-23(43)15-28-32(17-31(47-25)22(20)3)49-33(35(28)45-5)16-24(44)19-42-4;1-6-23(42)17-33-35(44-5)28-16-24(43)15-26-8-10-30-36(47-26)40-39-38(49-30)37-34(50-39)19-41(51-37,52-40)12-11-27-14-21(3)29(45-27)9-7-25-13-20(2)22(4)31(46-25)18-32(28)48-33;1-2;/h20,24-40,44H,2-3,6-19H2,1,5H3;20,23,25-40,42H,3-4,6-19H2,1-2,5H3;;/q;;-1;+1/t20?,24?,25?,26?,27?,28?,29?,30?,31?,32?,33?,34?,35?,36?,37?,38-,39?,40?,41?;20?,23?,25?,26?,27?,28?,29?,30?,31?,32?,33?,34?,35?,36?,37?,38-,39?,40?,41?;;/m00../s1. The van der Waals surface area contributed by atoms with Gasteiger partial charge >= 0.3 is 51.4 Å². The molecular formula is C83H117KN2O22. The molecule has 0 aromatic rings. The second-order valence-electron chi connectivity index (χ2n) is 35.1. The van der Waals surface area contributed by atoms with Gasteiger partial charge in [0.25, 0.3) is 0 Å². The van der Waals surface area contributed by atoms with Gasteiger partial charge in [0.05, 0.1) is 128 Å². The molecule has 0 radical (unpaired) electrons. The predicted octanol–water partition coefficient (Wildman–Crippen LogP) is 6.39. The summed E-state index contributed by atoms with van der Waals surface area (Å²) in [5.41, 5.74) is 4.40. The van der Waals surface area contributed by atoms with E-state index in [0.717, 1.165) is 106 Å². The number of fused-ring (bicyclic) bond motifs is 12. The molecule has 20 heterocycles. The van der Waals surface area contributed by atoms with Gasteiger partial charge in [-0.15, -0.1) is 0 Å². The first-order valence-electron chi connectivity index (χ1n) is 41.0. The van der Waals surface area contributed by atoms with Crippen molar-refractivity contribution in [3.05, 3.63) is 66.6 Å². The number of ketones is 2. The third-order valence-electron chi connectivity index (χ3n) is 28.2. The molecule has 20 aliphatic rings. The summed E-state index contributed by atoms with van der Waals surface area (Å²) in [6.45, 7) is 36.2. The van der Waals surface area contributed by atoms with Crippen LogP contribution in [0.2, 0.25) is 0 Å². The van der Waals surface area contributed by atoms with Crippen LogP contribution in [0.4, 0.5) is 0 Å². The van der Waals surface area contributed by atoms with E-state index < -0.39 is 36.0 Å². The average Bonchev–Trinajstić information content (AvgIpc) is 1.55. The first kappa shape index (κ1) is 81.3. The van der Waals surface area contributed by atoms with Crippen molar-refractivity contribution in [1.82, 2.24) is 0 Å². The Morgan fingerprint density at radius 1 is 0.454 bits per heavy atom. The van der Waals surface area contributed by atoms with Crippen molar-refractivity contribution < 1.29 is 156 Å². The number of Topliss-reactive ketones (excluding diaryl/α,β-unsaturated/α-hetero) is 2. The summed E-state index contributed by atoms with van der Waals surface area (Å²) in [7, 11) is 3.33. The van der Waals surface area contributed by atoms with Crippen LogP contribution < -0.4 is 51.4 Å². The Hall–Kier alpha value is -1.88. The van der Waals surface area contributed by atoms with Crippen molar-refractivity contribution in [2.45, 2.75) is 401 Å². The predicted molar refractivity (Wildman–Crippen MR) is 381 cm³/mol. The minimum atomic E-state index is -0.847. The van der Waals surface area contributed by atoms with Gasteiger partial charge in [0.1, 0.15) is 78.7 Å². The Bertz CT molecular complexity index is 3320. The maximum absolute atomic E-state index is 14.1. The monoisotopic (exact) mass is 1530 g/mol. The topological polar surface area (TPSA) is 269 Å². The van der Waals surface area contributed by atoms with Crippen LogP contribution in [0.3, 0.4) is 0 Å². The molecule has 20 aliphatic heterocycles. The van der Waals surface area contributed by atoms with Crippen LogP contribution in [0.15, 0.2) is 48.6 Å². The molecule has 20 saturated heterocycles. The number of carbonyl (C=O) groups excluding carboxylic acids is 2. The largest absolute Gasteiger partial charge is 1.00 e. The van der Waals surface area contributed by atoms with Gasteiger partial charge in [-0.25, -0.2) is 6.57 Å². The van der Waals surface area contributed by atoms with E-state index in [1.807, 2.05) is 6.92 Å². The maximum Gasteiger partial charge on any atom is 1.00 e. The Balaban J connectivity index is 0.000000167. The Kier molecular flexibility index (Phi) is 25.6. The number of hydrogen-bond donors (Lipinski definition) is 2. The Morgan fingerprint density at radius 2 is 0.843 bits per heavy atom. The zero-order chi connectivity index (χ0) is 74.5. The number of aliphatic hydroxyl groups is 2. The molecule has 25 heteroatoms. The van der Waals surface area contributed by atoms with Gasteiger partial charge in [0.15, 0.2) is 11.6 Å². The van der Waals surface area contributed by atoms with Crippen LogP contribution in [0.1, 0.15) is 194 Å². The van der Waals surface area contributed by atoms with Crippen molar-refractivity contribution in [1.29, 1.82) is 5.26 Å². The van der Waals surface area contributed by atoms with Crippen molar-refractivity contribution in [2.24, 2.45) is 23.7 Å². The number of carbonyl (C=O) groups is 2. The summed E-state index contributed by atoms with van der Waals surface area (Å²) < 4.78 is 120. The molecule has 0 aliphatic carbocycles. The summed E-state index contributed by atoms with van der Waals surface area (Å²) in [6, 6.07) is 0. The van der Waals surface area contributed by atoms with Crippen LogP contribution in [0, 0.1) is 42.1 Å². The molecule has 0 saturated carbocycles. The second-order valence-corrected chi connectivity index (χ2v) is 35.1.